The highest BCUT2D eigenvalue weighted by molar-refractivity contribution is 7.92. The number of benzene rings is 3. The molecule has 3 aromatic carbocycles. The maximum absolute atomic E-state index is 13.1. The van der Waals surface area contributed by atoms with E-state index in [4.69, 9.17) is 4.74 Å². The van der Waals surface area contributed by atoms with E-state index in [1.807, 2.05) is 0 Å². The Labute approximate surface area is 265 Å². The van der Waals surface area contributed by atoms with Crippen LogP contribution in [0.5, 0.6) is 11.5 Å². The number of phenols is 1. The van der Waals surface area contributed by atoms with E-state index in [1.54, 1.807) is 17.9 Å². The molecule has 2 amide bonds. The van der Waals surface area contributed by atoms with Crippen molar-refractivity contribution in [1.29, 1.82) is 0 Å². The van der Waals surface area contributed by atoms with Gasteiger partial charge in [0.2, 0.25) is 15.9 Å². The number of sulfonamides is 1. The molecule has 0 spiro atoms. The molecule has 1 aliphatic rings. The Hall–Kier alpha value is -4.01. The summed E-state index contributed by atoms with van der Waals surface area (Å²) in [6.45, 7) is 5.31. The van der Waals surface area contributed by atoms with Crippen LogP contribution in [0.25, 0.3) is 11.1 Å². The van der Waals surface area contributed by atoms with Gasteiger partial charge in [-0.15, -0.1) is 12.4 Å². The molecular weight excluding hydrogens is 637 g/mol. The van der Waals surface area contributed by atoms with E-state index in [0.29, 0.717) is 42.9 Å². The quantitative estimate of drug-likeness (QED) is 0.156. The molecule has 4 rings (SSSR count). The predicted octanol–water partition coefficient (Wildman–Crippen LogP) is 5.06. The van der Waals surface area contributed by atoms with E-state index in [1.165, 1.54) is 42.5 Å². The Morgan fingerprint density at radius 1 is 0.978 bits per heavy atom. The summed E-state index contributed by atoms with van der Waals surface area (Å²) in [5, 5.41) is 12.6. The fourth-order valence-corrected chi connectivity index (χ4v) is 5.28. The Morgan fingerprint density at radius 2 is 1.64 bits per heavy atom. The summed E-state index contributed by atoms with van der Waals surface area (Å²) < 4.78 is 70.8. The van der Waals surface area contributed by atoms with Crippen LogP contribution in [0.2, 0.25) is 0 Å². The number of aromatic hydroxyl groups is 1. The minimum absolute atomic E-state index is 0. The first kappa shape index (κ1) is 35.5. The van der Waals surface area contributed by atoms with Crippen molar-refractivity contribution in [2.75, 3.05) is 55.6 Å². The molecule has 244 valence electrons. The number of anilines is 2. The van der Waals surface area contributed by atoms with Crippen molar-refractivity contribution < 1.29 is 41.0 Å². The van der Waals surface area contributed by atoms with Gasteiger partial charge in [-0.3, -0.25) is 19.2 Å². The summed E-state index contributed by atoms with van der Waals surface area (Å²) in [7, 11) is -3.69. The summed E-state index contributed by atoms with van der Waals surface area (Å²) in [5.74, 6) is -0.549. The molecule has 0 aliphatic carbocycles. The third-order valence-corrected chi connectivity index (χ3v) is 7.60. The van der Waals surface area contributed by atoms with Crippen molar-refractivity contribution >= 4 is 45.6 Å². The minimum Gasteiger partial charge on any atom is -0.506 e. The first-order valence-corrected chi connectivity index (χ1v) is 15.6. The average Bonchev–Trinajstić information content (AvgIpc) is 2.96. The van der Waals surface area contributed by atoms with Gasteiger partial charge in [-0.1, -0.05) is 12.1 Å². The van der Waals surface area contributed by atoms with E-state index in [2.05, 4.69) is 14.9 Å². The number of halogens is 4. The molecule has 0 radical (unpaired) electrons. The topological polar surface area (TPSA) is 128 Å². The molecule has 0 bridgehead atoms. The molecule has 1 fully saturated rings. The molecule has 3 aromatic rings. The van der Waals surface area contributed by atoms with Crippen LogP contribution in [-0.4, -0.2) is 80.7 Å². The molecule has 15 heteroatoms. The maximum atomic E-state index is 13.1. The fourth-order valence-electron chi connectivity index (χ4n) is 4.72. The molecule has 1 heterocycles. The van der Waals surface area contributed by atoms with Gasteiger partial charge in [-0.05, 0) is 60.5 Å². The zero-order valence-electron chi connectivity index (χ0n) is 24.6. The number of amides is 2. The van der Waals surface area contributed by atoms with Crippen molar-refractivity contribution in [3.63, 3.8) is 0 Å². The summed E-state index contributed by atoms with van der Waals surface area (Å²) in [6.07, 6.45) is -2.93. The Kier molecular flexibility index (Phi) is 11.7. The summed E-state index contributed by atoms with van der Waals surface area (Å²) in [5.41, 5.74) is 0.447. The molecule has 3 N–H and O–H groups in total. The van der Waals surface area contributed by atoms with E-state index < -0.39 is 27.7 Å². The van der Waals surface area contributed by atoms with E-state index in [0.717, 1.165) is 31.5 Å². The minimum atomic E-state index is -4.49. The molecule has 0 unspecified atom stereocenters. The second-order valence-corrected chi connectivity index (χ2v) is 12.1. The van der Waals surface area contributed by atoms with Crippen LogP contribution in [0, 0.1) is 0 Å². The number of rotatable bonds is 10. The van der Waals surface area contributed by atoms with Gasteiger partial charge in [0.05, 0.1) is 24.1 Å². The highest BCUT2D eigenvalue weighted by atomic mass is 35.5. The number of carbonyl (C=O) groups is 2. The smallest absolute Gasteiger partial charge is 0.416 e. The molecule has 45 heavy (non-hydrogen) atoms. The number of phenolic OH excluding ortho intramolecular Hbond substituents is 1. The van der Waals surface area contributed by atoms with Gasteiger partial charge in [-0.25, -0.2) is 8.42 Å². The van der Waals surface area contributed by atoms with Crippen LogP contribution >= 0.6 is 12.4 Å². The van der Waals surface area contributed by atoms with Crippen LogP contribution in [0.15, 0.2) is 60.7 Å². The zero-order chi connectivity index (χ0) is 32.1. The van der Waals surface area contributed by atoms with E-state index in [9.17, 15) is 36.3 Å². The van der Waals surface area contributed by atoms with Gasteiger partial charge in [0, 0.05) is 56.5 Å². The average molecular weight is 671 g/mol. The van der Waals surface area contributed by atoms with Crippen molar-refractivity contribution in [3.05, 3.63) is 71.8 Å². The number of carbonyl (C=O) groups excluding carboxylic acids is 2. The molecule has 1 aliphatic heterocycles. The lowest BCUT2D eigenvalue weighted by atomic mass is 10.0. The monoisotopic (exact) mass is 670 g/mol. The summed E-state index contributed by atoms with van der Waals surface area (Å²) >= 11 is 0. The Balaban J connectivity index is 0.00000552. The number of alkyl halides is 3. The van der Waals surface area contributed by atoms with Crippen LogP contribution in [0.1, 0.15) is 29.3 Å². The first-order chi connectivity index (χ1) is 20.7. The standard InChI is InChI=1S/C30H33F3N4O6S.ClH/c1-20(38)37-15-13-36(14-16-37)12-3-17-43-28-18-22(6-10-25(28)21-4-7-23(8-5-21)30(31,32)33)29(40)34-24-9-11-27(39)26(19-24)35-44(2,41)42;/h4-11,18-19,35,39H,3,12-17H2,1-2H3,(H,34,40);1H. The normalized spacial score (nSPS) is 13.9. The molecular formula is C30H34ClF3N4O6S. The molecule has 0 aromatic heterocycles. The second-order valence-electron chi connectivity index (χ2n) is 10.4. The SMILES string of the molecule is CC(=O)N1CCN(CCCOc2cc(C(=O)Nc3ccc(O)c(NS(C)(=O)=O)c3)ccc2-c2ccc(C(F)(F)F)cc2)CC1.Cl. The van der Waals surface area contributed by atoms with Crippen molar-refractivity contribution in [2.45, 2.75) is 19.5 Å². The van der Waals surface area contributed by atoms with Crippen LogP contribution < -0.4 is 14.8 Å². The van der Waals surface area contributed by atoms with Crippen LogP contribution in [0.4, 0.5) is 24.5 Å². The van der Waals surface area contributed by atoms with Gasteiger partial charge in [0.25, 0.3) is 5.91 Å². The molecule has 0 atom stereocenters. The maximum Gasteiger partial charge on any atom is 0.416 e. The van der Waals surface area contributed by atoms with Gasteiger partial charge < -0.3 is 20.1 Å². The fraction of sp³-hybridized carbons (Fsp3) is 0.333. The summed E-state index contributed by atoms with van der Waals surface area (Å²) in [6, 6.07) is 13.1. The largest absolute Gasteiger partial charge is 0.506 e. The van der Waals surface area contributed by atoms with E-state index >= 15 is 0 Å². The number of nitrogens with zero attached hydrogens (tertiary/aromatic N) is 2. The van der Waals surface area contributed by atoms with Crippen molar-refractivity contribution in [1.82, 2.24) is 9.80 Å². The lowest BCUT2D eigenvalue weighted by Crippen LogP contribution is -2.48. The zero-order valence-corrected chi connectivity index (χ0v) is 26.2. The third kappa shape index (κ3) is 9.99. The Bertz CT molecular complexity index is 1610. The van der Waals surface area contributed by atoms with Gasteiger partial charge in [-0.2, -0.15) is 13.2 Å². The second kappa shape index (κ2) is 14.8. The van der Waals surface area contributed by atoms with Crippen molar-refractivity contribution in [3.8, 4) is 22.6 Å². The van der Waals surface area contributed by atoms with Gasteiger partial charge in [0.15, 0.2) is 0 Å². The number of hydrogen-bond donors (Lipinski definition) is 3. The van der Waals surface area contributed by atoms with Crippen LogP contribution in [0.3, 0.4) is 0 Å². The number of hydrogen-bond acceptors (Lipinski definition) is 7. The lowest BCUT2D eigenvalue weighted by molar-refractivity contribution is -0.137. The molecule has 1 saturated heterocycles. The highest BCUT2D eigenvalue weighted by Gasteiger charge is 2.30. The van der Waals surface area contributed by atoms with E-state index in [-0.39, 0.29) is 47.6 Å². The lowest BCUT2D eigenvalue weighted by Gasteiger charge is -2.34. The molecule has 10 nitrogen and oxygen atoms in total. The Morgan fingerprint density at radius 3 is 2.24 bits per heavy atom. The first-order valence-electron chi connectivity index (χ1n) is 13.7. The number of nitrogens with one attached hydrogen (secondary N) is 2. The molecule has 0 saturated carbocycles. The van der Waals surface area contributed by atoms with Crippen molar-refractivity contribution in [2.24, 2.45) is 0 Å². The van der Waals surface area contributed by atoms with Gasteiger partial charge >= 0.3 is 6.18 Å². The summed E-state index contributed by atoms with van der Waals surface area (Å²) in [4.78, 5) is 28.7. The van der Waals surface area contributed by atoms with Crippen LogP contribution in [-0.2, 0) is 21.0 Å². The highest BCUT2D eigenvalue weighted by Crippen LogP contribution is 2.35. The predicted molar refractivity (Wildman–Crippen MR) is 167 cm³/mol. The van der Waals surface area contributed by atoms with Gasteiger partial charge in [0.1, 0.15) is 11.5 Å². The number of piperazine rings is 1. The third-order valence-electron chi connectivity index (χ3n) is 7.01. The number of ether oxygens (including phenoxy) is 1.